The Balaban J connectivity index is 1.75. The van der Waals surface area contributed by atoms with E-state index in [1.807, 2.05) is 41.3 Å². The van der Waals surface area contributed by atoms with E-state index in [9.17, 15) is 25.4 Å². The summed E-state index contributed by atoms with van der Waals surface area (Å²) in [7, 11) is 0. The summed E-state index contributed by atoms with van der Waals surface area (Å²) >= 11 is 6.21. The lowest BCUT2D eigenvalue weighted by atomic mass is 9.69. The van der Waals surface area contributed by atoms with Gasteiger partial charge in [0, 0.05) is 34.3 Å². The summed E-state index contributed by atoms with van der Waals surface area (Å²) in [4.78, 5) is 26.5. The minimum absolute atomic E-state index is 0.130. The van der Waals surface area contributed by atoms with Gasteiger partial charge in [-0.15, -0.1) is 0 Å². The molecule has 0 amide bonds. The van der Waals surface area contributed by atoms with Crippen LogP contribution in [-0.2, 0) is 0 Å². The summed E-state index contributed by atoms with van der Waals surface area (Å²) in [5, 5.41) is 32.4. The summed E-state index contributed by atoms with van der Waals surface area (Å²) in [6, 6.07) is 22.6. The zero-order valence-electron chi connectivity index (χ0n) is 18.2. The summed E-state index contributed by atoms with van der Waals surface area (Å²) in [6.45, 7) is 0. The highest BCUT2D eigenvalue weighted by molar-refractivity contribution is 6.30. The standard InChI is InChI=1S/C27H17ClN4O3/c28-20-9-12-22-19(14-20)8-13-23-27(15-29,16-30)24(17-4-2-1-3-5-17)25(31(22)23)26(33)18-6-10-21(11-7-18)32(34)35/h1-14,23-25H/t23-,24-,25+/m1/s1. The third kappa shape index (κ3) is 3.37. The molecule has 35 heavy (non-hydrogen) atoms. The predicted molar refractivity (Wildman–Crippen MR) is 131 cm³/mol. The second kappa shape index (κ2) is 8.39. The minimum atomic E-state index is -1.56. The number of carbonyl (C=O) groups excluding carboxylic acids is 1. The summed E-state index contributed by atoms with van der Waals surface area (Å²) in [5.74, 6) is -1.11. The number of halogens is 1. The van der Waals surface area contributed by atoms with Crippen LogP contribution in [0.2, 0.25) is 5.02 Å². The molecule has 7 nitrogen and oxygen atoms in total. The van der Waals surface area contributed by atoms with Crippen LogP contribution < -0.4 is 4.90 Å². The van der Waals surface area contributed by atoms with Crippen molar-refractivity contribution in [3.8, 4) is 12.1 Å². The van der Waals surface area contributed by atoms with Gasteiger partial charge < -0.3 is 4.90 Å². The van der Waals surface area contributed by atoms with Crippen LogP contribution in [0, 0.1) is 38.2 Å². The number of ketones is 1. The van der Waals surface area contributed by atoms with Crippen LogP contribution in [0.15, 0.2) is 78.9 Å². The highest BCUT2D eigenvalue weighted by Gasteiger charge is 2.63. The number of nitro benzene ring substituents is 1. The minimum Gasteiger partial charge on any atom is -0.351 e. The molecular weight excluding hydrogens is 464 g/mol. The Morgan fingerprint density at radius 3 is 2.34 bits per heavy atom. The fourth-order valence-corrected chi connectivity index (χ4v) is 5.40. The van der Waals surface area contributed by atoms with Gasteiger partial charge in [-0.2, -0.15) is 10.5 Å². The van der Waals surface area contributed by atoms with Crippen LogP contribution in [0.3, 0.4) is 0 Å². The molecule has 0 N–H and O–H groups in total. The van der Waals surface area contributed by atoms with E-state index in [4.69, 9.17) is 11.6 Å². The zero-order valence-corrected chi connectivity index (χ0v) is 19.0. The summed E-state index contributed by atoms with van der Waals surface area (Å²) < 4.78 is 0. The number of non-ortho nitro benzene ring substituents is 1. The van der Waals surface area contributed by atoms with E-state index in [-0.39, 0.29) is 17.0 Å². The van der Waals surface area contributed by atoms with Crippen molar-refractivity contribution in [2.24, 2.45) is 5.41 Å². The molecule has 170 valence electrons. The molecule has 3 aromatic rings. The Labute approximate surface area is 206 Å². The Kier molecular flexibility index (Phi) is 5.36. The van der Waals surface area contributed by atoms with Gasteiger partial charge in [0.15, 0.2) is 11.2 Å². The smallest absolute Gasteiger partial charge is 0.269 e. The van der Waals surface area contributed by atoms with E-state index < -0.39 is 28.3 Å². The van der Waals surface area contributed by atoms with Crippen molar-refractivity contribution in [2.75, 3.05) is 4.90 Å². The second-order valence-electron chi connectivity index (χ2n) is 8.51. The van der Waals surface area contributed by atoms with E-state index in [0.717, 1.165) is 5.56 Å². The number of nitro groups is 1. The largest absolute Gasteiger partial charge is 0.351 e. The summed E-state index contributed by atoms with van der Waals surface area (Å²) in [6.07, 6.45) is 3.61. The van der Waals surface area contributed by atoms with Crippen LogP contribution >= 0.6 is 11.6 Å². The topological polar surface area (TPSA) is 111 Å². The third-order valence-electron chi connectivity index (χ3n) is 6.76. The zero-order chi connectivity index (χ0) is 24.7. The van der Waals surface area contributed by atoms with E-state index >= 15 is 0 Å². The summed E-state index contributed by atoms with van der Waals surface area (Å²) in [5.41, 5.74) is 0.723. The molecule has 0 bridgehead atoms. The number of fused-ring (bicyclic) bond motifs is 3. The molecule has 0 radical (unpaired) electrons. The highest BCUT2D eigenvalue weighted by Crippen LogP contribution is 2.55. The maximum atomic E-state index is 14.1. The number of hydrogen-bond acceptors (Lipinski definition) is 6. The van der Waals surface area contributed by atoms with E-state index in [1.165, 1.54) is 24.3 Å². The first-order chi connectivity index (χ1) is 16.9. The first-order valence-electron chi connectivity index (χ1n) is 10.8. The normalized spacial score (nSPS) is 21.3. The molecule has 8 heteroatoms. The number of rotatable bonds is 4. The molecule has 0 spiro atoms. The molecule has 0 unspecified atom stereocenters. The van der Waals surface area contributed by atoms with Crippen LogP contribution in [0.4, 0.5) is 11.4 Å². The SMILES string of the molecule is N#CC1(C#N)[C@H](c2ccccc2)[C@@H](C(=O)c2ccc([N+](=O)[O-])cc2)N2c3ccc(Cl)cc3C=C[C@@H]21. The van der Waals surface area contributed by atoms with Gasteiger partial charge in [-0.1, -0.05) is 54.1 Å². The van der Waals surface area contributed by atoms with Crippen molar-refractivity contribution in [1.29, 1.82) is 10.5 Å². The predicted octanol–water partition coefficient (Wildman–Crippen LogP) is 5.53. The van der Waals surface area contributed by atoms with Gasteiger partial charge >= 0.3 is 0 Å². The van der Waals surface area contributed by atoms with Crippen molar-refractivity contribution in [1.82, 2.24) is 0 Å². The molecule has 2 aliphatic rings. The van der Waals surface area contributed by atoms with Gasteiger partial charge in [0.2, 0.25) is 0 Å². The third-order valence-corrected chi connectivity index (χ3v) is 6.99. The number of anilines is 1. The molecule has 0 aliphatic carbocycles. The lowest BCUT2D eigenvalue weighted by Crippen LogP contribution is -2.44. The fourth-order valence-electron chi connectivity index (χ4n) is 5.22. The van der Waals surface area contributed by atoms with Crippen LogP contribution in [-0.4, -0.2) is 22.8 Å². The van der Waals surface area contributed by atoms with Crippen LogP contribution in [0.1, 0.15) is 27.4 Å². The monoisotopic (exact) mass is 480 g/mol. The number of hydrogen-bond donors (Lipinski definition) is 0. The molecule has 3 atom stereocenters. The molecule has 0 saturated carbocycles. The van der Waals surface area contributed by atoms with Gasteiger partial charge in [0.1, 0.15) is 6.04 Å². The molecule has 2 aliphatic heterocycles. The molecule has 3 aromatic carbocycles. The van der Waals surface area contributed by atoms with E-state index in [2.05, 4.69) is 12.1 Å². The number of benzene rings is 3. The van der Waals surface area contributed by atoms with E-state index in [0.29, 0.717) is 16.3 Å². The molecular formula is C27H17ClN4O3. The van der Waals surface area contributed by atoms with Crippen molar-refractivity contribution < 1.29 is 9.72 Å². The van der Waals surface area contributed by atoms with Gasteiger partial charge in [-0.05, 0) is 41.5 Å². The van der Waals surface area contributed by atoms with Gasteiger partial charge in [0.05, 0.1) is 23.1 Å². The second-order valence-corrected chi connectivity index (χ2v) is 8.94. The van der Waals surface area contributed by atoms with Crippen LogP contribution in [0.25, 0.3) is 6.08 Å². The van der Waals surface area contributed by atoms with Crippen molar-refractivity contribution in [3.63, 3.8) is 0 Å². The van der Waals surface area contributed by atoms with Gasteiger partial charge in [0.25, 0.3) is 5.69 Å². The number of nitrogens with zero attached hydrogens (tertiary/aromatic N) is 4. The Morgan fingerprint density at radius 2 is 1.71 bits per heavy atom. The van der Waals surface area contributed by atoms with Crippen LogP contribution in [0.5, 0.6) is 0 Å². The average Bonchev–Trinajstić information content (AvgIpc) is 3.19. The molecule has 5 rings (SSSR count). The average molecular weight is 481 g/mol. The molecule has 1 saturated heterocycles. The van der Waals surface area contributed by atoms with Crippen molar-refractivity contribution in [3.05, 3.63) is 111 Å². The maximum absolute atomic E-state index is 14.1. The molecule has 1 fully saturated rings. The van der Waals surface area contributed by atoms with Gasteiger partial charge in [-0.3, -0.25) is 14.9 Å². The Bertz CT molecular complexity index is 1440. The number of Topliss-reactive ketones (excluding diaryl/α,β-unsaturated/α-hetero) is 1. The Morgan fingerprint density at radius 1 is 1.03 bits per heavy atom. The maximum Gasteiger partial charge on any atom is 0.269 e. The fraction of sp³-hybridized carbons (Fsp3) is 0.148. The first kappa shape index (κ1) is 22.3. The first-order valence-corrected chi connectivity index (χ1v) is 11.2. The number of nitriles is 2. The quantitative estimate of drug-likeness (QED) is 0.275. The molecule has 0 aromatic heterocycles. The van der Waals surface area contributed by atoms with Crippen molar-refractivity contribution >= 4 is 34.8 Å². The Hall–Kier alpha value is -4.46. The highest BCUT2D eigenvalue weighted by atomic mass is 35.5. The number of carbonyl (C=O) groups is 1. The van der Waals surface area contributed by atoms with Crippen molar-refractivity contribution in [2.45, 2.75) is 18.0 Å². The lowest BCUT2D eigenvalue weighted by molar-refractivity contribution is -0.384. The van der Waals surface area contributed by atoms with Gasteiger partial charge in [-0.25, -0.2) is 0 Å². The molecule has 2 heterocycles. The van der Waals surface area contributed by atoms with E-state index in [1.54, 1.807) is 24.3 Å². The lowest BCUT2D eigenvalue weighted by Gasteiger charge is -2.35.